The van der Waals surface area contributed by atoms with Gasteiger partial charge in [-0.25, -0.2) is 0 Å². The van der Waals surface area contributed by atoms with Crippen molar-refractivity contribution in [1.82, 2.24) is 10.6 Å². The van der Waals surface area contributed by atoms with E-state index in [4.69, 9.17) is 23.2 Å². The molecule has 28 heavy (non-hydrogen) atoms. The molecule has 0 unspecified atom stereocenters. The van der Waals surface area contributed by atoms with E-state index < -0.39 is 44.2 Å². The number of alkyl halides is 2. The van der Waals surface area contributed by atoms with Gasteiger partial charge in [0.2, 0.25) is 11.8 Å². The zero-order valence-corrected chi connectivity index (χ0v) is 15.7. The van der Waals surface area contributed by atoms with Crippen LogP contribution in [0.1, 0.15) is 11.1 Å². The van der Waals surface area contributed by atoms with Gasteiger partial charge in [0.05, 0.1) is 0 Å². The number of carbonyl (C=O) groups excluding carboxylic acids is 4. The fraction of sp³-hybridized carbons (Fsp3) is 0.200. The Bertz CT molecular complexity index is 988. The smallest absolute Gasteiger partial charge is 0.250 e. The normalized spacial score (nSPS) is 38.4. The molecular formula is C20H12Cl2N2O4. The van der Waals surface area contributed by atoms with Crippen molar-refractivity contribution in [2.75, 3.05) is 0 Å². The number of carbonyl (C=O) groups is 4. The summed E-state index contributed by atoms with van der Waals surface area (Å²) in [5.41, 5.74) is -3.32. The minimum atomic E-state index is -2.11. The minimum Gasteiger partial charge on any atom is -0.294 e. The number of imide groups is 2. The van der Waals surface area contributed by atoms with Crippen LogP contribution < -0.4 is 10.6 Å². The number of rotatable bonds is 2. The highest BCUT2D eigenvalue weighted by atomic mass is 35.5. The lowest BCUT2D eigenvalue weighted by Gasteiger charge is -2.66. The van der Waals surface area contributed by atoms with Gasteiger partial charge in [-0.05, 0) is 11.1 Å². The molecule has 1 aliphatic carbocycles. The van der Waals surface area contributed by atoms with Crippen molar-refractivity contribution in [2.45, 2.75) is 20.6 Å². The molecular weight excluding hydrogens is 403 g/mol. The summed E-state index contributed by atoms with van der Waals surface area (Å²) in [5, 5.41) is 4.44. The SMILES string of the molecule is O=C1NC(=O)C2(c3ccccc3)C1(Cl)C1(c3ccccc3)C(=O)NC(=O)C21Cl. The third kappa shape index (κ3) is 1.33. The molecule has 2 N–H and O–H groups in total. The van der Waals surface area contributed by atoms with Crippen LogP contribution in [0.2, 0.25) is 0 Å². The first-order chi connectivity index (χ1) is 13.3. The summed E-state index contributed by atoms with van der Waals surface area (Å²) < 4.78 is 0. The molecule has 2 saturated heterocycles. The van der Waals surface area contributed by atoms with E-state index in [1.165, 1.54) is 0 Å². The van der Waals surface area contributed by atoms with Gasteiger partial charge in [-0.3, -0.25) is 29.8 Å². The zero-order chi connectivity index (χ0) is 19.9. The quantitative estimate of drug-likeness (QED) is 0.569. The van der Waals surface area contributed by atoms with Crippen molar-refractivity contribution in [2.24, 2.45) is 0 Å². The van der Waals surface area contributed by atoms with Crippen molar-refractivity contribution in [3.05, 3.63) is 71.8 Å². The van der Waals surface area contributed by atoms with E-state index in [1.807, 2.05) is 0 Å². The summed E-state index contributed by atoms with van der Waals surface area (Å²) in [5.74, 6) is -3.31. The fourth-order valence-electron chi connectivity index (χ4n) is 5.28. The lowest BCUT2D eigenvalue weighted by atomic mass is 9.35. The van der Waals surface area contributed by atoms with E-state index >= 15 is 0 Å². The highest BCUT2D eigenvalue weighted by Gasteiger charge is 3.02. The highest BCUT2D eigenvalue weighted by molar-refractivity contribution is 6.59. The Labute approximate surface area is 169 Å². The van der Waals surface area contributed by atoms with Gasteiger partial charge in [0.1, 0.15) is 10.8 Å². The molecule has 6 nitrogen and oxygen atoms in total. The summed E-state index contributed by atoms with van der Waals surface area (Å²) in [6.45, 7) is 0. The Hall–Kier alpha value is -2.70. The molecule has 140 valence electrons. The summed E-state index contributed by atoms with van der Waals surface area (Å²) in [7, 11) is 0. The second-order valence-corrected chi connectivity index (χ2v) is 8.25. The average molecular weight is 415 g/mol. The molecule has 0 atom stereocenters. The molecule has 2 heterocycles. The molecule has 4 amide bonds. The predicted octanol–water partition coefficient (Wildman–Crippen LogP) is 1.14. The lowest BCUT2D eigenvalue weighted by molar-refractivity contribution is -0.149. The Kier molecular flexibility index (Phi) is 3.12. The third-order valence-corrected chi connectivity index (χ3v) is 7.72. The summed E-state index contributed by atoms with van der Waals surface area (Å²) in [6, 6.07) is 16.3. The molecule has 3 fully saturated rings. The van der Waals surface area contributed by atoms with Gasteiger partial charge >= 0.3 is 0 Å². The first-order valence-electron chi connectivity index (χ1n) is 8.52. The fourth-order valence-corrected chi connectivity index (χ4v) is 6.82. The molecule has 2 aliphatic heterocycles. The molecule has 0 radical (unpaired) electrons. The van der Waals surface area contributed by atoms with Crippen LogP contribution in [0.3, 0.4) is 0 Å². The number of halogens is 2. The topological polar surface area (TPSA) is 92.3 Å². The Balaban J connectivity index is 1.95. The molecule has 5 rings (SSSR count). The molecule has 0 aromatic heterocycles. The van der Waals surface area contributed by atoms with E-state index in [1.54, 1.807) is 60.7 Å². The van der Waals surface area contributed by atoms with Crippen LogP contribution in [0.25, 0.3) is 0 Å². The third-order valence-electron chi connectivity index (χ3n) is 6.24. The minimum absolute atomic E-state index is 0.291. The molecule has 0 spiro atoms. The molecule has 1 saturated carbocycles. The van der Waals surface area contributed by atoms with Crippen molar-refractivity contribution in [3.8, 4) is 0 Å². The van der Waals surface area contributed by atoms with Crippen LogP contribution in [0.4, 0.5) is 0 Å². The molecule has 2 aromatic carbocycles. The number of benzene rings is 2. The Morgan fingerprint density at radius 3 is 1.18 bits per heavy atom. The number of hydrogen-bond donors (Lipinski definition) is 2. The summed E-state index contributed by atoms with van der Waals surface area (Å²) >= 11 is 13.9. The maximum absolute atomic E-state index is 13.2. The van der Waals surface area contributed by atoms with Crippen LogP contribution in [0.15, 0.2) is 60.7 Å². The highest BCUT2D eigenvalue weighted by Crippen LogP contribution is 2.78. The van der Waals surface area contributed by atoms with E-state index in [9.17, 15) is 19.2 Å². The van der Waals surface area contributed by atoms with Crippen molar-refractivity contribution >= 4 is 46.8 Å². The zero-order valence-electron chi connectivity index (χ0n) is 14.2. The molecule has 8 heteroatoms. The van der Waals surface area contributed by atoms with Gasteiger partial charge < -0.3 is 0 Å². The van der Waals surface area contributed by atoms with E-state index in [0.717, 1.165) is 0 Å². The van der Waals surface area contributed by atoms with Crippen LogP contribution in [0, 0.1) is 0 Å². The van der Waals surface area contributed by atoms with Crippen LogP contribution >= 0.6 is 23.2 Å². The van der Waals surface area contributed by atoms with Gasteiger partial charge in [-0.2, -0.15) is 0 Å². The van der Waals surface area contributed by atoms with Gasteiger partial charge in [-0.15, -0.1) is 23.2 Å². The largest absolute Gasteiger partial charge is 0.294 e. The van der Waals surface area contributed by atoms with Crippen molar-refractivity contribution in [1.29, 1.82) is 0 Å². The number of nitrogens with one attached hydrogen (secondary N) is 2. The van der Waals surface area contributed by atoms with E-state index in [2.05, 4.69) is 10.6 Å². The first kappa shape index (κ1) is 17.4. The Morgan fingerprint density at radius 2 is 0.857 bits per heavy atom. The lowest BCUT2D eigenvalue weighted by Crippen LogP contribution is -2.89. The summed E-state index contributed by atoms with van der Waals surface area (Å²) in [6.07, 6.45) is 0. The number of amides is 4. The summed E-state index contributed by atoms with van der Waals surface area (Å²) in [4.78, 5) is 48.2. The maximum atomic E-state index is 13.2. The van der Waals surface area contributed by atoms with Crippen LogP contribution in [-0.2, 0) is 30.0 Å². The number of hydrogen-bond acceptors (Lipinski definition) is 4. The standard InChI is InChI=1S/C20H12Cl2N2O4/c21-19-15(27)23-13(25)17(19,11-7-3-1-4-8-11)20(22)16(28)24-14(26)18(19,20)12-9-5-2-6-10-12/h1-10H,(H,23,25,27)(H,24,26,28). The average Bonchev–Trinajstić information content (AvgIpc) is 2.99. The van der Waals surface area contributed by atoms with Gasteiger partial charge in [0.15, 0.2) is 9.75 Å². The monoisotopic (exact) mass is 414 g/mol. The first-order valence-corrected chi connectivity index (χ1v) is 9.27. The van der Waals surface area contributed by atoms with E-state index in [-0.39, 0.29) is 0 Å². The molecule has 2 aromatic rings. The van der Waals surface area contributed by atoms with Gasteiger partial charge in [0.25, 0.3) is 11.8 Å². The molecule has 3 aliphatic rings. The van der Waals surface area contributed by atoms with Crippen LogP contribution in [-0.4, -0.2) is 33.4 Å². The van der Waals surface area contributed by atoms with Crippen molar-refractivity contribution < 1.29 is 19.2 Å². The maximum Gasteiger partial charge on any atom is 0.250 e. The van der Waals surface area contributed by atoms with Gasteiger partial charge in [-0.1, -0.05) is 60.7 Å². The Morgan fingerprint density at radius 1 is 0.536 bits per heavy atom. The second-order valence-electron chi connectivity index (χ2n) is 7.12. The second kappa shape index (κ2) is 5.01. The van der Waals surface area contributed by atoms with Crippen LogP contribution in [0.5, 0.6) is 0 Å². The van der Waals surface area contributed by atoms with Crippen molar-refractivity contribution in [3.63, 3.8) is 0 Å². The van der Waals surface area contributed by atoms with Gasteiger partial charge in [0, 0.05) is 0 Å². The number of fused-ring (bicyclic) bond motifs is 4. The van der Waals surface area contributed by atoms with E-state index in [0.29, 0.717) is 11.1 Å². The predicted molar refractivity (Wildman–Crippen MR) is 99.7 cm³/mol. The molecule has 0 bridgehead atoms.